The third-order valence-corrected chi connectivity index (χ3v) is 4.93. The fourth-order valence-corrected chi connectivity index (χ4v) is 3.59. The fourth-order valence-electron chi connectivity index (χ4n) is 3.59. The van der Waals surface area contributed by atoms with Crippen molar-refractivity contribution in [2.45, 2.75) is 25.7 Å². The Labute approximate surface area is 141 Å². The minimum Gasteiger partial charge on any atom is -0.370 e. The number of nitrogens with zero attached hydrogens (tertiary/aromatic N) is 2. The third kappa shape index (κ3) is 3.48. The number of benzene rings is 1. The van der Waals surface area contributed by atoms with Gasteiger partial charge in [-0.05, 0) is 56.9 Å². The van der Waals surface area contributed by atoms with Crippen molar-refractivity contribution in [2.75, 3.05) is 26.2 Å². The second-order valence-electron chi connectivity index (χ2n) is 6.62. The molecule has 0 aromatic heterocycles. The molecule has 0 radical (unpaired) electrons. The molecule has 6 nitrogen and oxygen atoms in total. The van der Waals surface area contributed by atoms with E-state index in [4.69, 9.17) is 5.73 Å². The topological polar surface area (TPSA) is 83.7 Å². The molecule has 0 saturated carbocycles. The van der Waals surface area contributed by atoms with Gasteiger partial charge < -0.3 is 10.6 Å². The van der Waals surface area contributed by atoms with Gasteiger partial charge in [-0.1, -0.05) is 12.1 Å². The molecule has 1 aromatic carbocycles. The van der Waals surface area contributed by atoms with E-state index in [1.165, 1.54) is 4.90 Å². The van der Waals surface area contributed by atoms with Crippen LogP contribution in [0.4, 0.5) is 0 Å². The number of imide groups is 1. The van der Waals surface area contributed by atoms with Crippen LogP contribution in [-0.2, 0) is 4.79 Å². The number of carbonyl (C=O) groups excluding carboxylic acids is 3. The van der Waals surface area contributed by atoms with Gasteiger partial charge in [0.1, 0.15) is 0 Å². The van der Waals surface area contributed by atoms with Crippen LogP contribution in [0.3, 0.4) is 0 Å². The summed E-state index contributed by atoms with van der Waals surface area (Å²) in [5.41, 5.74) is 6.27. The first kappa shape index (κ1) is 16.6. The summed E-state index contributed by atoms with van der Waals surface area (Å²) in [4.78, 5) is 39.2. The van der Waals surface area contributed by atoms with E-state index >= 15 is 0 Å². The molecule has 6 heteroatoms. The summed E-state index contributed by atoms with van der Waals surface area (Å²) in [5.74, 6) is -0.194. The first-order valence-corrected chi connectivity index (χ1v) is 8.52. The Bertz CT molecular complexity index is 616. The van der Waals surface area contributed by atoms with E-state index in [0.29, 0.717) is 30.0 Å². The molecule has 128 valence electrons. The van der Waals surface area contributed by atoms with Crippen molar-refractivity contribution in [1.29, 1.82) is 0 Å². The Morgan fingerprint density at radius 1 is 1.04 bits per heavy atom. The first-order chi connectivity index (χ1) is 11.6. The van der Waals surface area contributed by atoms with Gasteiger partial charge in [0.15, 0.2) is 0 Å². The fraction of sp³-hybridized carbons (Fsp3) is 0.500. The minimum atomic E-state index is -0.223. The van der Waals surface area contributed by atoms with Gasteiger partial charge in [-0.2, -0.15) is 0 Å². The average Bonchev–Trinajstić information content (AvgIpc) is 2.81. The van der Waals surface area contributed by atoms with Crippen LogP contribution >= 0.6 is 0 Å². The van der Waals surface area contributed by atoms with Crippen molar-refractivity contribution >= 4 is 17.7 Å². The second kappa shape index (κ2) is 7.13. The molecule has 1 aromatic rings. The Hall–Kier alpha value is -2.21. The highest BCUT2D eigenvalue weighted by Crippen LogP contribution is 2.23. The molecule has 0 spiro atoms. The largest absolute Gasteiger partial charge is 0.370 e. The minimum absolute atomic E-state index is 0.184. The molecule has 0 bridgehead atoms. The maximum absolute atomic E-state index is 12.3. The van der Waals surface area contributed by atoms with Gasteiger partial charge in [0.25, 0.3) is 11.8 Å². The van der Waals surface area contributed by atoms with Gasteiger partial charge in [-0.15, -0.1) is 0 Å². The van der Waals surface area contributed by atoms with Gasteiger partial charge in [-0.25, -0.2) is 0 Å². The zero-order valence-electron chi connectivity index (χ0n) is 13.7. The van der Waals surface area contributed by atoms with Crippen LogP contribution in [0.15, 0.2) is 24.3 Å². The van der Waals surface area contributed by atoms with Gasteiger partial charge in [0, 0.05) is 13.0 Å². The van der Waals surface area contributed by atoms with E-state index in [1.807, 2.05) is 0 Å². The zero-order chi connectivity index (χ0) is 17.1. The van der Waals surface area contributed by atoms with Crippen molar-refractivity contribution in [3.8, 4) is 0 Å². The predicted molar refractivity (Wildman–Crippen MR) is 89.4 cm³/mol. The van der Waals surface area contributed by atoms with Crippen LogP contribution in [0.1, 0.15) is 46.4 Å². The Kier molecular flexibility index (Phi) is 4.94. The number of rotatable bonds is 6. The number of fused-ring (bicyclic) bond motifs is 1. The summed E-state index contributed by atoms with van der Waals surface area (Å²) in [6, 6.07) is 6.98. The van der Waals surface area contributed by atoms with Crippen molar-refractivity contribution in [3.63, 3.8) is 0 Å². The average molecular weight is 329 g/mol. The van der Waals surface area contributed by atoms with Gasteiger partial charge >= 0.3 is 0 Å². The van der Waals surface area contributed by atoms with Crippen LogP contribution in [0, 0.1) is 5.92 Å². The van der Waals surface area contributed by atoms with Crippen molar-refractivity contribution in [1.82, 2.24) is 9.80 Å². The van der Waals surface area contributed by atoms with Crippen LogP contribution < -0.4 is 5.73 Å². The van der Waals surface area contributed by atoms with E-state index in [1.54, 1.807) is 24.3 Å². The van der Waals surface area contributed by atoms with E-state index in [2.05, 4.69) is 4.90 Å². The lowest BCUT2D eigenvalue weighted by atomic mass is 9.93. The molecule has 1 saturated heterocycles. The molecule has 0 unspecified atom stereocenters. The molecule has 0 atom stereocenters. The predicted octanol–water partition coefficient (Wildman–Crippen LogP) is 1.26. The number of hydrogen-bond acceptors (Lipinski definition) is 4. The molecule has 1 fully saturated rings. The van der Waals surface area contributed by atoms with E-state index in [0.717, 1.165) is 38.9 Å². The zero-order valence-corrected chi connectivity index (χ0v) is 13.7. The lowest BCUT2D eigenvalue weighted by molar-refractivity contribution is -0.119. The van der Waals surface area contributed by atoms with Gasteiger partial charge in [0.05, 0.1) is 11.1 Å². The Balaban J connectivity index is 1.44. The maximum atomic E-state index is 12.3. The van der Waals surface area contributed by atoms with E-state index in [-0.39, 0.29) is 17.7 Å². The van der Waals surface area contributed by atoms with E-state index < -0.39 is 0 Å². The third-order valence-electron chi connectivity index (χ3n) is 4.93. The quantitative estimate of drug-likeness (QED) is 0.797. The number of amides is 3. The number of hydrogen-bond donors (Lipinski definition) is 1. The summed E-state index contributed by atoms with van der Waals surface area (Å²) in [6.07, 6.45) is 3.21. The normalized spacial score (nSPS) is 18.9. The molecule has 3 rings (SSSR count). The molecular weight excluding hydrogens is 306 g/mol. The smallest absolute Gasteiger partial charge is 0.261 e. The summed E-state index contributed by atoms with van der Waals surface area (Å²) >= 11 is 0. The molecule has 24 heavy (non-hydrogen) atoms. The molecule has 2 N–H and O–H groups in total. The molecule has 2 aliphatic heterocycles. The lowest BCUT2D eigenvalue weighted by Crippen LogP contribution is -2.38. The number of piperidine rings is 1. The van der Waals surface area contributed by atoms with E-state index in [9.17, 15) is 14.4 Å². The van der Waals surface area contributed by atoms with Crippen molar-refractivity contribution in [3.05, 3.63) is 35.4 Å². The molecule has 3 amide bonds. The number of nitrogens with two attached hydrogens (primary N) is 1. The number of carbonyl (C=O) groups is 3. The van der Waals surface area contributed by atoms with Crippen LogP contribution in [0.25, 0.3) is 0 Å². The lowest BCUT2D eigenvalue weighted by Gasteiger charge is -2.31. The van der Waals surface area contributed by atoms with Crippen molar-refractivity contribution in [2.24, 2.45) is 11.7 Å². The molecule has 2 heterocycles. The van der Waals surface area contributed by atoms with Crippen LogP contribution in [0.2, 0.25) is 0 Å². The van der Waals surface area contributed by atoms with Crippen LogP contribution in [0.5, 0.6) is 0 Å². The number of primary amides is 1. The van der Waals surface area contributed by atoms with Gasteiger partial charge in [-0.3, -0.25) is 19.3 Å². The monoisotopic (exact) mass is 329 g/mol. The van der Waals surface area contributed by atoms with Gasteiger partial charge in [0.2, 0.25) is 5.91 Å². The number of likely N-dealkylation sites (tertiary alicyclic amines) is 1. The SMILES string of the molecule is NC(=O)CC1CCN(CCCN2C(=O)c3ccccc3C2=O)CC1. The summed E-state index contributed by atoms with van der Waals surface area (Å²) in [6.45, 7) is 3.20. The molecular formula is C18H23N3O3. The summed E-state index contributed by atoms with van der Waals surface area (Å²) in [5, 5.41) is 0. The Morgan fingerprint density at radius 2 is 1.62 bits per heavy atom. The standard InChI is InChI=1S/C18H23N3O3/c19-16(22)12-13-6-10-20(11-7-13)8-3-9-21-17(23)14-4-1-2-5-15(14)18(21)24/h1-2,4-5,13H,3,6-12H2,(H2,19,22). The second-order valence-corrected chi connectivity index (χ2v) is 6.62. The highest BCUT2D eigenvalue weighted by atomic mass is 16.2. The van der Waals surface area contributed by atoms with Crippen molar-refractivity contribution < 1.29 is 14.4 Å². The molecule has 0 aliphatic carbocycles. The summed E-state index contributed by atoms with van der Waals surface area (Å²) in [7, 11) is 0. The maximum Gasteiger partial charge on any atom is 0.261 e. The first-order valence-electron chi connectivity index (χ1n) is 8.52. The molecule has 2 aliphatic rings. The Morgan fingerprint density at radius 3 is 2.17 bits per heavy atom. The highest BCUT2D eigenvalue weighted by Gasteiger charge is 2.34. The summed E-state index contributed by atoms with van der Waals surface area (Å²) < 4.78 is 0. The highest BCUT2D eigenvalue weighted by molar-refractivity contribution is 6.21. The van der Waals surface area contributed by atoms with Crippen LogP contribution in [-0.4, -0.2) is 53.7 Å².